The average Bonchev–Trinajstić information content (AvgIpc) is 2.64. The second-order valence-corrected chi connectivity index (χ2v) is 3.47. The van der Waals surface area contributed by atoms with Crippen molar-refractivity contribution in [2.75, 3.05) is 18.0 Å². The van der Waals surface area contributed by atoms with Gasteiger partial charge in [-0.25, -0.2) is 0 Å². The van der Waals surface area contributed by atoms with Crippen LogP contribution >= 0.6 is 0 Å². The lowest BCUT2D eigenvalue weighted by atomic mass is 10.3. The van der Waals surface area contributed by atoms with Crippen molar-refractivity contribution in [1.29, 1.82) is 0 Å². The molecule has 0 spiro atoms. The normalized spacial score (nSPS) is 23.6. The number of anilines is 1. The van der Waals surface area contributed by atoms with Crippen LogP contribution in [0.4, 0.5) is 5.88 Å². The average molecular weight is 194 g/mol. The second kappa shape index (κ2) is 3.84. The van der Waals surface area contributed by atoms with E-state index in [1.54, 1.807) is 17.2 Å². The molecule has 1 fully saturated rings. The Morgan fingerprint density at radius 2 is 2.50 bits per heavy atom. The summed E-state index contributed by atoms with van der Waals surface area (Å²) in [6.07, 6.45) is 2.54. The van der Waals surface area contributed by atoms with Gasteiger partial charge in [-0.2, -0.15) is 0 Å². The first-order valence-electron chi connectivity index (χ1n) is 4.87. The van der Waals surface area contributed by atoms with Crippen molar-refractivity contribution >= 4 is 11.8 Å². The molecule has 1 aliphatic heterocycles. The third kappa shape index (κ3) is 1.65. The van der Waals surface area contributed by atoms with Crippen LogP contribution in [-0.4, -0.2) is 25.0 Å². The molecule has 2 heterocycles. The molecule has 1 atom stereocenters. The number of carbonyl (C=O) groups is 1. The lowest BCUT2D eigenvalue weighted by Gasteiger charge is -2.19. The lowest BCUT2D eigenvalue weighted by molar-refractivity contribution is -0.120. The van der Waals surface area contributed by atoms with Crippen LogP contribution in [0.1, 0.15) is 13.3 Å². The van der Waals surface area contributed by atoms with E-state index in [0.717, 1.165) is 19.5 Å². The molecular weight excluding hydrogens is 180 g/mol. The first kappa shape index (κ1) is 9.27. The fourth-order valence-corrected chi connectivity index (χ4v) is 1.63. The molecule has 1 aromatic heterocycles. The van der Waals surface area contributed by atoms with Crippen molar-refractivity contribution in [1.82, 2.24) is 5.32 Å². The number of furan rings is 1. The van der Waals surface area contributed by atoms with E-state index in [1.165, 1.54) is 0 Å². The van der Waals surface area contributed by atoms with E-state index in [4.69, 9.17) is 4.42 Å². The molecule has 4 heteroatoms. The third-order valence-electron chi connectivity index (χ3n) is 2.42. The van der Waals surface area contributed by atoms with Crippen LogP contribution in [-0.2, 0) is 4.79 Å². The predicted octanol–water partition coefficient (Wildman–Crippen LogP) is 0.994. The van der Waals surface area contributed by atoms with Gasteiger partial charge in [0.25, 0.3) is 0 Å². The first-order valence-corrected chi connectivity index (χ1v) is 4.87. The van der Waals surface area contributed by atoms with Gasteiger partial charge >= 0.3 is 0 Å². The fourth-order valence-electron chi connectivity index (χ4n) is 1.63. The van der Waals surface area contributed by atoms with E-state index in [1.807, 2.05) is 13.0 Å². The molecule has 1 aliphatic rings. The molecule has 14 heavy (non-hydrogen) atoms. The summed E-state index contributed by atoms with van der Waals surface area (Å²) < 4.78 is 5.22. The molecule has 1 unspecified atom stereocenters. The van der Waals surface area contributed by atoms with Crippen molar-refractivity contribution in [3.63, 3.8) is 0 Å². The van der Waals surface area contributed by atoms with Crippen LogP contribution in [0.15, 0.2) is 22.8 Å². The highest BCUT2D eigenvalue weighted by atomic mass is 16.3. The number of carbonyl (C=O) groups excluding carboxylic acids is 1. The zero-order valence-electron chi connectivity index (χ0n) is 8.19. The van der Waals surface area contributed by atoms with Crippen molar-refractivity contribution in [3.05, 3.63) is 18.4 Å². The minimum atomic E-state index is -0.123. The van der Waals surface area contributed by atoms with Gasteiger partial charge in [-0.1, -0.05) is 0 Å². The molecular formula is C10H14N2O2. The molecule has 76 valence electrons. The van der Waals surface area contributed by atoms with Crippen LogP contribution in [0.2, 0.25) is 0 Å². The van der Waals surface area contributed by atoms with Gasteiger partial charge in [0.15, 0.2) is 0 Å². The number of nitrogens with zero attached hydrogens (tertiary/aromatic N) is 1. The van der Waals surface area contributed by atoms with E-state index >= 15 is 0 Å². The van der Waals surface area contributed by atoms with Crippen molar-refractivity contribution in [3.8, 4) is 0 Å². The van der Waals surface area contributed by atoms with Gasteiger partial charge in [0.05, 0.1) is 12.3 Å². The third-order valence-corrected chi connectivity index (χ3v) is 2.42. The summed E-state index contributed by atoms with van der Waals surface area (Å²) in [5.41, 5.74) is 0. The molecule has 1 aromatic rings. The van der Waals surface area contributed by atoms with Gasteiger partial charge in [-0.05, 0) is 26.0 Å². The minimum absolute atomic E-state index is 0.0810. The molecule has 0 bridgehead atoms. The highest BCUT2D eigenvalue weighted by Crippen LogP contribution is 2.17. The van der Waals surface area contributed by atoms with Crippen LogP contribution in [0, 0.1) is 0 Å². The number of rotatable bonds is 1. The molecule has 0 radical (unpaired) electrons. The largest absolute Gasteiger partial charge is 0.448 e. The predicted molar refractivity (Wildman–Crippen MR) is 53.1 cm³/mol. The van der Waals surface area contributed by atoms with E-state index in [2.05, 4.69) is 5.32 Å². The first-order chi connectivity index (χ1) is 6.79. The highest BCUT2D eigenvalue weighted by molar-refractivity contribution is 5.96. The van der Waals surface area contributed by atoms with Crippen LogP contribution in [0.5, 0.6) is 0 Å². The van der Waals surface area contributed by atoms with Crippen molar-refractivity contribution in [2.24, 2.45) is 0 Å². The van der Waals surface area contributed by atoms with Crippen LogP contribution in [0.3, 0.4) is 0 Å². The SMILES string of the molecule is CC1NCCCN(c2ccco2)C1=O. The summed E-state index contributed by atoms with van der Waals surface area (Å²) in [6.45, 7) is 3.48. The maximum Gasteiger partial charge on any atom is 0.246 e. The molecule has 0 aromatic carbocycles. The monoisotopic (exact) mass is 194 g/mol. The van der Waals surface area contributed by atoms with Gasteiger partial charge in [0.2, 0.25) is 11.8 Å². The zero-order valence-corrected chi connectivity index (χ0v) is 8.19. The quantitative estimate of drug-likeness (QED) is 0.725. The van der Waals surface area contributed by atoms with E-state index in [9.17, 15) is 4.79 Å². The smallest absolute Gasteiger partial charge is 0.246 e. The van der Waals surface area contributed by atoms with Gasteiger partial charge in [-0.15, -0.1) is 0 Å². The topological polar surface area (TPSA) is 45.5 Å². The Kier molecular flexibility index (Phi) is 2.54. The Hall–Kier alpha value is -1.29. The summed E-state index contributed by atoms with van der Waals surface area (Å²) >= 11 is 0. The Bertz CT molecular complexity index is 308. The van der Waals surface area contributed by atoms with E-state index in [-0.39, 0.29) is 11.9 Å². The number of nitrogens with one attached hydrogen (secondary N) is 1. The van der Waals surface area contributed by atoms with Crippen molar-refractivity contribution in [2.45, 2.75) is 19.4 Å². The molecule has 4 nitrogen and oxygen atoms in total. The van der Waals surface area contributed by atoms with Gasteiger partial charge in [0, 0.05) is 12.6 Å². The molecule has 1 amide bonds. The van der Waals surface area contributed by atoms with Crippen molar-refractivity contribution < 1.29 is 9.21 Å². The lowest BCUT2D eigenvalue weighted by Crippen LogP contribution is -2.41. The second-order valence-electron chi connectivity index (χ2n) is 3.47. The Morgan fingerprint density at radius 3 is 3.21 bits per heavy atom. The maximum atomic E-state index is 11.8. The summed E-state index contributed by atoms with van der Waals surface area (Å²) in [6, 6.07) is 3.49. The molecule has 0 saturated carbocycles. The zero-order chi connectivity index (χ0) is 9.97. The summed E-state index contributed by atoms with van der Waals surface area (Å²) in [7, 11) is 0. The number of amides is 1. The standard InChI is InChI=1S/C10H14N2O2/c1-8-10(13)12(6-3-5-11-8)9-4-2-7-14-9/h2,4,7-8,11H,3,5-6H2,1H3. The van der Waals surface area contributed by atoms with Gasteiger partial charge in [-0.3, -0.25) is 9.69 Å². The van der Waals surface area contributed by atoms with E-state index in [0.29, 0.717) is 5.88 Å². The van der Waals surface area contributed by atoms with E-state index < -0.39 is 0 Å². The summed E-state index contributed by atoms with van der Waals surface area (Å²) in [5.74, 6) is 0.725. The number of hydrogen-bond donors (Lipinski definition) is 1. The Labute approximate surface area is 82.9 Å². The van der Waals surface area contributed by atoms with Gasteiger partial charge in [0.1, 0.15) is 0 Å². The van der Waals surface area contributed by atoms with Crippen LogP contribution in [0.25, 0.3) is 0 Å². The number of hydrogen-bond acceptors (Lipinski definition) is 3. The molecule has 1 N–H and O–H groups in total. The van der Waals surface area contributed by atoms with Crippen LogP contribution < -0.4 is 10.2 Å². The molecule has 1 saturated heterocycles. The Morgan fingerprint density at radius 1 is 1.64 bits per heavy atom. The van der Waals surface area contributed by atoms with Gasteiger partial charge < -0.3 is 9.73 Å². The maximum absolute atomic E-state index is 11.8. The summed E-state index contributed by atoms with van der Waals surface area (Å²) in [5, 5.41) is 3.15. The highest BCUT2D eigenvalue weighted by Gasteiger charge is 2.25. The summed E-state index contributed by atoms with van der Waals surface area (Å²) in [4.78, 5) is 13.5. The fraction of sp³-hybridized carbons (Fsp3) is 0.500. The molecule has 2 rings (SSSR count). The molecule has 0 aliphatic carbocycles. The Balaban J connectivity index is 2.20. The minimum Gasteiger partial charge on any atom is -0.448 e.